The highest BCUT2D eigenvalue weighted by atomic mass is 32.2. The van der Waals surface area contributed by atoms with Crippen molar-refractivity contribution in [3.05, 3.63) is 197 Å². The standard InChI is InChI=1S/C50H53N3O6S/c1-35-20-26-45(27-21-35)60(56,57)52-46(29-37-12-6-4-7-13-37)49(55)51-31-40-16-10-17-42(28-40)43-18-11-19-44(30-43)50-58-47(33-53(3)32-38-14-8-5-9-15-38)36(2)48(59-50)41-24-22-39(34-54)23-25-41/h4-28,30,36,46-48,50,52,54H,29,31-34H2,1-3H3,(H,51,55). The molecule has 6 aromatic carbocycles. The fourth-order valence-corrected chi connectivity index (χ4v) is 8.84. The largest absolute Gasteiger partial charge is 0.392 e. The number of carbonyl (C=O) groups excluding carboxylic acids is 1. The quantitative estimate of drug-likeness (QED) is 0.0900. The maximum Gasteiger partial charge on any atom is 0.241 e. The van der Waals surface area contributed by atoms with Gasteiger partial charge in [-0.3, -0.25) is 9.69 Å². The zero-order valence-corrected chi connectivity index (χ0v) is 35.1. The number of aliphatic hydroxyl groups excluding tert-OH is 1. The van der Waals surface area contributed by atoms with E-state index in [9.17, 15) is 18.3 Å². The Morgan fingerprint density at radius 1 is 0.717 bits per heavy atom. The molecule has 0 saturated carbocycles. The van der Waals surface area contributed by atoms with Crippen LogP contribution >= 0.6 is 0 Å². The third-order valence-corrected chi connectivity index (χ3v) is 12.5. The van der Waals surface area contributed by atoms with Crippen LogP contribution < -0.4 is 10.0 Å². The summed E-state index contributed by atoms with van der Waals surface area (Å²) < 4.78 is 43.1. The molecule has 3 N–H and O–H groups in total. The molecule has 0 spiro atoms. The predicted octanol–water partition coefficient (Wildman–Crippen LogP) is 8.28. The third-order valence-electron chi connectivity index (χ3n) is 11.0. The van der Waals surface area contributed by atoms with Gasteiger partial charge in [-0.15, -0.1) is 0 Å². The topological polar surface area (TPSA) is 117 Å². The fourth-order valence-electron chi connectivity index (χ4n) is 7.64. The Morgan fingerprint density at radius 3 is 2.03 bits per heavy atom. The van der Waals surface area contributed by atoms with Crippen molar-refractivity contribution >= 4 is 15.9 Å². The first kappa shape index (κ1) is 42.7. The molecule has 10 heteroatoms. The van der Waals surface area contributed by atoms with Crippen molar-refractivity contribution < 1.29 is 27.8 Å². The Balaban J connectivity index is 1.08. The molecule has 0 radical (unpaired) electrons. The Bertz CT molecular complexity index is 2430. The second-order valence-corrected chi connectivity index (χ2v) is 17.4. The van der Waals surface area contributed by atoms with Crippen LogP contribution in [0.1, 0.15) is 58.3 Å². The number of aliphatic hydroxyl groups is 1. The number of amides is 1. The number of carbonyl (C=O) groups is 1. The van der Waals surface area contributed by atoms with E-state index >= 15 is 0 Å². The molecule has 310 valence electrons. The second-order valence-electron chi connectivity index (χ2n) is 15.7. The van der Waals surface area contributed by atoms with E-state index in [4.69, 9.17) is 9.47 Å². The van der Waals surface area contributed by atoms with Crippen LogP contribution in [0.4, 0.5) is 0 Å². The van der Waals surface area contributed by atoms with E-state index in [2.05, 4.69) is 59.2 Å². The number of ether oxygens (including phenoxy) is 2. The van der Waals surface area contributed by atoms with Crippen molar-refractivity contribution in [1.82, 2.24) is 14.9 Å². The number of aryl methyl sites for hydroxylation is 1. The molecule has 1 fully saturated rings. The van der Waals surface area contributed by atoms with E-state index in [0.717, 1.165) is 51.1 Å². The molecule has 0 bridgehead atoms. The lowest BCUT2D eigenvalue weighted by Gasteiger charge is -2.42. The van der Waals surface area contributed by atoms with Gasteiger partial charge in [0.2, 0.25) is 15.9 Å². The van der Waals surface area contributed by atoms with Gasteiger partial charge in [-0.1, -0.05) is 146 Å². The van der Waals surface area contributed by atoms with Crippen molar-refractivity contribution in [1.29, 1.82) is 0 Å². The highest BCUT2D eigenvalue weighted by Gasteiger charge is 2.39. The number of nitrogens with zero attached hydrogens (tertiary/aromatic N) is 1. The molecule has 6 aromatic rings. The minimum atomic E-state index is -3.97. The van der Waals surface area contributed by atoms with Gasteiger partial charge in [-0.2, -0.15) is 4.72 Å². The first-order valence-corrected chi connectivity index (χ1v) is 21.9. The molecule has 1 saturated heterocycles. The van der Waals surface area contributed by atoms with Crippen LogP contribution in [0.3, 0.4) is 0 Å². The Kier molecular flexibility index (Phi) is 14.0. The highest BCUT2D eigenvalue weighted by molar-refractivity contribution is 7.89. The summed E-state index contributed by atoms with van der Waals surface area (Å²) in [6.07, 6.45) is -0.823. The number of benzene rings is 6. The van der Waals surface area contributed by atoms with Crippen LogP contribution in [0.25, 0.3) is 11.1 Å². The number of hydrogen-bond donors (Lipinski definition) is 3. The Morgan fingerprint density at radius 2 is 1.35 bits per heavy atom. The molecule has 5 unspecified atom stereocenters. The van der Waals surface area contributed by atoms with Crippen molar-refractivity contribution in [2.24, 2.45) is 5.92 Å². The first-order valence-electron chi connectivity index (χ1n) is 20.4. The maximum absolute atomic E-state index is 13.7. The van der Waals surface area contributed by atoms with Gasteiger partial charge in [0.1, 0.15) is 6.04 Å². The minimum absolute atomic E-state index is 0.0226. The average Bonchev–Trinajstić information content (AvgIpc) is 3.27. The van der Waals surface area contributed by atoms with Gasteiger partial charge in [-0.25, -0.2) is 8.42 Å². The maximum atomic E-state index is 13.7. The molecule has 0 aromatic heterocycles. The van der Waals surface area contributed by atoms with E-state index in [1.165, 1.54) is 5.56 Å². The summed E-state index contributed by atoms with van der Waals surface area (Å²) in [6, 6.07) is 49.3. The Labute approximate surface area is 354 Å². The molecule has 7 rings (SSSR count). The molecule has 1 aliphatic rings. The number of rotatable bonds is 16. The van der Waals surface area contributed by atoms with Crippen LogP contribution in [-0.4, -0.2) is 50.1 Å². The zero-order valence-electron chi connectivity index (χ0n) is 34.3. The lowest BCUT2D eigenvalue weighted by atomic mass is 9.90. The molecule has 1 amide bonds. The van der Waals surface area contributed by atoms with Crippen LogP contribution in [0.5, 0.6) is 0 Å². The van der Waals surface area contributed by atoms with Crippen LogP contribution in [-0.2, 0) is 50.4 Å². The number of nitrogens with one attached hydrogen (secondary N) is 2. The highest BCUT2D eigenvalue weighted by Crippen LogP contribution is 2.42. The summed E-state index contributed by atoms with van der Waals surface area (Å²) >= 11 is 0. The van der Waals surface area contributed by atoms with Gasteiger partial charge >= 0.3 is 0 Å². The normalized spacial score (nSPS) is 18.6. The molecule has 9 nitrogen and oxygen atoms in total. The second kappa shape index (κ2) is 19.7. The van der Waals surface area contributed by atoms with Gasteiger partial charge in [0.05, 0.1) is 23.7 Å². The Hall–Kier alpha value is -5.46. The van der Waals surface area contributed by atoms with Crippen molar-refractivity contribution in [2.45, 2.75) is 69.4 Å². The SMILES string of the molecule is Cc1ccc(S(=O)(=O)NC(Cc2ccccc2)C(=O)NCc2cccc(-c3cccc(C4OC(CN(C)Cc5ccccc5)C(C)C(c5ccc(CO)cc5)O4)c3)c2)cc1. The number of sulfonamides is 1. The summed E-state index contributed by atoms with van der Waals surface area (Å²) in [7, 11) is -1.86. The van der Waals surface area contributed by atoms with Gasteiger partial charge in [0.25, 0.3) is 0 Å². The van der Waals surface area contributed by atoms with Crippen LogP contribution in [0, 0.1) is 12.8 Å². The third kappa shape index (κ3) is 11.0. The van der Waals surface area contributed by atoms with E-state index in [1.54, 1.807) is 24.3 Å². The number of hydrogen-bond acceptors (Lipinski definition) is 7. The van der Waals surface area contributed by atoms with E-state index in [-0.39, 0.29) is 42.6 Å². The predicted molar refractivity (Wildman–Crippen MR) is 235 cm³/mol. The first-order chi connectivity index (χ1) is 29.0. The van der Waals surface area contributed by atoms with Crippen molar-refractivity contribution in [3.63, 3.8) is 0 Å². The molecule has 60 heavy (non-hydrogen) atoms. The lowest BCUT2D eigenvalue weighted by Crippen LogP contribution is -2.47. The monoisotopic (exact) mass is 823 g/mol. The zero-order chi connectivity index (χ0) is 42.1. The molecule has 5 atom stereocenters. The van der Waals surface area contributed by atoms with Gasteiger partial charge in [-0.05, 0) is 83.6 Å². The fraction of sp³-hybridized carbons (Fsp3) is 0.260. The molecule has 1 aliphatic heterocycles. The van der Waals surface area contributed by atoms with E-state index in [1.807, 2.05) is 110 Å². The average molecular weight is 824 g/mol. The summed E-state index contributed by atoms with van der Waals surface area (Å²) in [5, 5.41) is 12.7. The van der Waals surface area contributed by atoms with Crippen LogP contribution in [0.2, 0.25) is 0 Å². The van der Waals surface area contributed by atoms with Crippen molar-refractivity contribution in [2.75, 3.05) is 13.6 Å². The van der Waals surface area contributed by atoms with Crippen molar-refractivity contribution in [3.8, 4) is 11.1 Å². The van der Waals surface area contributed by atoms with Gasteiger partial charge < -0.3 is 19.9 Å². The number of likely N-dealkylation sites (N-methyl/N-ethyl adjacent to an activating group) is 1. The minimum Gasteiger partial charge on any atom is -0.392 e. The summed E-state index contributed by atoms with van der Waals surface area (Å²) in [5.41, 5.74) is 8.54. The molecule has 1 heterocycles. The summed E-state index contributed by atoms with van der Waals surface area (Å²) in [4.78, 5) is 16.1. The van der Waals surface area contributed by atoms with E-state index < -0.39 is 28.3 Å². The lowest BCUT2D eigenvalue weighted by molar-refractivity contribution is -0.276. The molecular weight excluding hydrogens is 771 g/mol. The van der Waals surface area contributed by atoms with Gasteiger partial charge in [0.15, 0.2) is 6.29 Å². The summed E-state index contributed by atoms with van der Waals surface area (Å²) in [5.74, 6) is -0.382. The summed E-state index contributed by atoms with van der Waals surface area (Å²) in [6.45, 7) is 5.73. The van der Waals surface area contributed by atoms with Crippen LogP contribution in [0.15, 0.2) is 163 Å². The molecule has 0 aliphatic carbocycles. The van der Waals surface area contributed by atoms with Gasteiger partial charge in [0, 0.05) is 31.1 Å². The molecular formula is C50H53N3O6S. The smallest absolute Gasteiger partial charge is 0.241 e. The van der Waals surface area contributed by atoms with E-state index in [0.29, 0.717) is 6.54 Å².